The quantitative estimate of drug-likeness (QED) is 0.601. The Bertz CT molecular complexity index is 634. The second-order valence-corrected chi connectivity index (χ2v) is 11.1. The molecule has 2 aliphatic heterocycles. The molecule has 2 saturated heterocycles. The predicted molar refractivity (Wildman–Crippen MR) is 106 cm³/mol. The molecule has 3 nitrogen and oxygen atoms in total. The molecule has 0 amide bonds. The van der Waals surface area contributed by atoms with E-state index in [1.807, 2.05) is 0 Å². The standard InChI is InChI=1S/C24H38O3/c1-15-7-12-24(26-14-15)16(2)22(3)11-9-20-19(21(22)27-24)6-5-17-13-18(25)8-10-23(17,20)4/h5,15-16,18-21,25H,6-14H2,1-4H3. The first kappa shape index (κ1) is 18.6. The molecule has 2 heterocycles. The van der Waals surface area contributed by atoms with Crippen LogP contribution in [0.1, 0.15) is 79.1 Å². The first-order valence-corrected chi connectivity index (χ1v) is 11.5. The lowest BCUT2D eigenvalue weighted by Crippen LogP contribution is -2.52. The lowest BCUT2D eigenvalue weighted by Gasteiger charge is -2.56. The summed E-state index contributed by atoms with van der Waals surface area (Å²) in [5.41, 5.74) is 2.04. The van der Waals surface area contributed by atoms with Crippen molar-refractivity contribution in [2.75, 3.05) is 6.61 Å². The minimum atomic E-state index is -0.339. The van der Waals surface area contributed by atoms with Gasteiger partial charge in [-0.1, -0.05) is 39.3 Å². The van der Waals surface area contributed by atoms with Crippen molar-refractivity contribution in [3.05, 3.63) is 11.6 Å². The molecule has 27 heavy (non-hydrogen) atoms. The van der Waals surface area contributed by atoms with Gasteiger partial charge in [-0.25, -0.2) is 0 Å². The zero-order valence-electron chi connectivity index (χ0n) is 17.7. The highest BCUT2D eigenvalue weighted by Crippen LogP contribution is 2.66. The van der Waals surface area contributed by atoms with Crippen LogP contribution in [0.5, 0.6) is 0 Å². The average molecular weight is 375 g/mol. The van der Waals surface area contributed by atoms with Gasteiger partial charge in [-0.05, 0) is 68.1 Å². The Hall–Kier alpha value is -0.380. The van der Waals surface area contributed by atoms with Crippen molar-refractivity contribution < 1.29 is 14.6 Å². The van der Waals surface area contributed by atoms with Crippen molar-refractivity contribution in [1.82, 2.24) is 0 Å². The number of aliphatic hydroxyl groups excluding tert-OH is 1. The number of fused-ring (bicyclic) bond motifs is 5. The maximum atomic E-state index is 10.2. The average Bonchev–Trinajstić information content (AvgIpc) is 2.87. The Morgan fingerprint density at radius 2 is 1.89 bits per heavy atom. The van der Waals surface area contributed by atoms with Crippen molar-refractivity contribution in [2.45, 2.75) is 97.1 Å². The van der Waals surface area contributed by atoms with Gasteiger partial charge in [0.1, 0.15) is 0 Å². The van der Waals surface area contributed by atoms with Gasteiger partial charge in [-0.2, -0.15) is 0 Å². The van der Waals surface area contributed by atoms with Crippen LogP contribution < -0.4 is 0 Å². The smallest absolute Gasteiger partial charge is 0.171 e. The van der Waals surface area contributed by atoms with Gasteiger partial charge in [-0.15, -0.1) is 0 Å². The highest BCUT2D eigenvalue weighted by molar-refractivity contribution is 5.26. The van der Waals surface area contributed by atoms with E-state index in [0.29, 0.717) is 29.8 Å². The van der Waals surface area contributed by atoms with E-state index < -0.39 is 0 Å². The summed E-state index contributed by atoms with van der Waals surface area (Å²) in [6.07, 6.45) is 11.6. The first-order valence-electron chi connectivity index (χ1n) is 11.5. The fraction of sp³-hybridized carbons (Fsp3) is 0.917. The molecule has 0 aromatic heterocycles. The first-order chi connectivity index (χ1) is 12.8. The molecule has 0 bridgehead atoms. The van der Waals surface area contributed by atoms with Gasteiger partial charge in [0.25, 0.3) is 0 Å². The summed E-state index contributed by atoms with van der Waals surface area (Å²) in [4.78, 5) is 0. The number of allylic oxidation sites excluding steroid dienone is 1. The zero-order valence-corrected chi connectivity index (χ0v) is 17.7. The van der Waals surface area contributed by atoms with Crippen molar-refractivity contribution in [3.8, 4) is 0 Å². The van der Waals surface area contributed by atoms with E-state index in [9.17, 15) is 5.11 Å². The fourth-order valence-corrected chi connectivity index (χ4v) is 7.66. The maximum Gasteiger partial charge on any atom is 0.171 e. The van der Waals surface area contributed by atoms with Crippen molar-refractivity contribution in [1.29, 1.82) is 0 Å². The van der Waals surface area contributed by atoms with Crippen LogP contribution in [0.4, 0.5) is 0 Å². The monoisotopic (exact) mass is 374 g/mol. The number of hydrogen-bond acceptors (Lipinski definition) is 3. The highest BCUT2D eigenvalue weighted by Gasteiger charge is 2.66. The molecule has 2 saturated carbocycles. The summed E-state index contributed by atoms with van der Waals surface area (Å²) in [5.74, 6) is 2.09. The van der Waals surface area contributed by atoms with Gasteiger partial charge in [0, 0.05) is 17.8 Å². The Balaban J connectivity index is 1.46. The van der Waals surface area contributed by atoms with E-state index in [-0.39, 0.29) is 22.7 Å². The van der Waals surface area contributed by atoms with Crippen LogP contribution in [0.15, 0.2) is 11.6 Å². The van der Waals surface area contributed by atoms with E-state index in [0.717, 1.165) is 38.7 Å². The van der Waals surface area contributed by atoms with Crippen LogP contribution in [0.3, 0.4) is 0 Å². The topological polar surface area (TPSA) is 38.7 Å². The Morgan fingerprint density at radius 3 is 2.63 bits per heavy atom. The summed E-state index contributed by atoms with van der Waals surface area (Å²) in [5, 5.41) is 10.2. The predicted octanol–water partition coefficient (Wildman–Crippen LogP) is 5.08. The van der Waals surface area contributed by atoms with Crippen LogP contribution in [0, 0.1) is 34.5 Å². The molecule has 4 fully saturated rings. The van der Waals surface area contributed by atoms with Crippen molar-refractivity contribution in [3.63, 3.8) is 0 Å². The number of ether oxygens (including phenoxy) is 2. The minimum Gasteiger partial charge on any atom is -0.393 e. The number of aliphatic hydroxyl groups is 1. The molecule has 152 valence electrons. The van der Waals surface area contributed by atoms with E-state index in [4.69, 9.17) is 9.47 Å². The molecule has 9 unspecified atom stereocenters. The summed E-state index contributed by atoms with van der Waals surface area (Å²) < 4.78 is 13.4. The number of rotatable bonds is 0. The Morgan fingerprint density at radius 1 is 1.07 bits per heavy atom. The van der Waals surface area contributed by atoms with Gasteiger partial charge < -0.3 is 14.6 Å². The Kier molecular flexibility index (Phi) is 4.18. The zero-order chi connectivity index (χ0) is 19.0. The molecule has 3 heteroatoms. The van der Waals surface area contributed by atoms with Gasteiger partial charge in [-0.3, -0.25) is 0 Å². The van der Waals surface area contributed by atoms with E-state index in [1.54, 1.807) is 0 Å². The van der Waals surface area contributed by atoms with Gasteiger partial charge >= 0.3 is 0 Å². The van der Waals surface area contributed by atoms with Crippen LogP contribution in [0.2, 0.25) is 0 Å². The van der Waals surface area contributed by atoms with Crippen LogP contribution in [0.25, 0.3) is 0 Å². The van der Waals surface area contributed by atoms with Crippen LogP contribution in [-0.2, 0) is 9.47 Å². The SMILES string of the molecule is CC1CCC2(OC1)OC1C3CC=C4CC(O)CCC4(C)C3CCC1(C)C2C. The molecule has 1 N–H and O–H groups in total. The molecule has 0 radical (unpaired) electrons. The largest absolute Gasteiger partial charge is 0.393 e. The molecule has 9 atom stereocenters. The lowest BCUT2D eigenvalue weighted by atomic mass is 9.48. The van der Waals surface area contributed by atoms with E-state index in [1.165, 1.54) is 24.8 Å². The lowest BCUT2D eigenvalue weighted by molar-refractivity contribution is -0.276. The van der Waals surface area contributed by atoms with Crippen LogP contribution in [-0.4, -0.2) is 29.7 Å². The van der Waals surface area contributed by atoms with E-state index >= 15 is 0 Å². The second-order valence-electron chi connectivity index (χ2n) is 11.1. The van der Waals surface area contributed by atoms with Gasteiger partial charge in [0.2, 0.25) is 0 Å². The second kappa shape index (κ2) is 6.06. The summed E-state index contributed by atoms with van der Waals surface area (Å²) in [6, 6.07) is 0. The molecule has 5 rings (SSSR count). The fourth-order valence-electron chi connectivity index (χ4n) is 7.66. The van der Waals surface area contributed by atoms with Crippen molar-refractivity contribution >= 4 is 0 Å². The minimum absolute atomic E-state index is 0.126. The molecule has 5 aliphatic rings. The maximum absolute atomic E-state index is 10.2. The summed E-state index contributed by atoms with van der Waals surface area (Å²) in [7, 11) is 0. The van der Waals surface area contributed by atoms with Crippen LogP contribution >= 0.6 is 0 Å². The molecular weight excluding hydrogens is 336 g/mol. The molecule has 0 aromatic rings. The summed E-state index contributed by atoms with van der Waals surface area (Å²) in [6.45, 7) is 10.5. The van der Waals surface area contributed by atoms with E-state index in [2.05, 4.69) is 33.8 Å². The molecule has 1 spiro atoms. The molecular formula is C24H38O3. The molecule has 3 aliphatic carbocycles. The van der Waals surface area contributed by atoms with Gasteiger partial charge in [0.15, 0.2) is 5.79 Å². The third-order valence-electron chi connectivity index (χ3n) is 9.76. The number of hydrogen-bond donors (Lipinski definition) is 1. The van der Waals surface area contributed by atoms with Gasteiger partial charge in [0.05, 0.1) is 18.8 Å². The third kappa shape index (κ3) is 2.50. The summed E-state index contributed by atoms with van der Waals surface area (Å²) >= 11 is 0. The molecule has 0 aromatic carbocycles. The Labute approximate surface area is 164 Å². The van der Waals surface area contributed by atoms with Crippen molar-refractivity contribution in [2.24, 2.45) is 34.5 Å². The highest BCUT2D eigenvalue weighted by atomic mass is 16.7. The third-order valence-corrected chi connectivity index (χ3v) is 9.76. The normalized spacial score (nSPS) is 57.6.